The molecule has 3 N–H and O–H groups in total. The minimum absolute atomic E-state index is 0. The number of hydrogen-bond acceptors (Lipinski definition) is 5. The molecule has 0 aliphatic rings. The fraction of sp³-hybridized carbons (Fsp3) is 0.250. The monoisotopic (exact) mass is 459 g/mol. The Kier molecular flexibility index (Phi) is 7.00. The summed E-state index contributed by atoms with van der Waals surface area (Å²) in [5.41, 5.74) is 6.48. The summed E-state index contributed by atoms with van der Waals surface area (Å²) < 4.78 is 44.6. The van der Waals surface area contributed by atoms with Crippen molar-refractivity contribution in [2.24, 2.45) is 10.7 Å². The van der Waals surface area contributed by atoms with Crippen molar-refractivity contribution in [2.75, 3.05) is 5.32 Å². The average molecular weight is 459 g/mol. The van der Waals surface area contributed by atoms with E-state index in [1.54, 1.807) is 13.0 Å². The number of nitrogens with zero attached hydrogens (tertiary/aromatic N) is 3. The molecule has 1 aromatic heterocycles. The predicted molar refractivity (Wildman–Crippen MR) is 92.1 cm³/mol. The van der Waals surface area contributed by atoms with Crippen molar-refractivity contribution in [3.8, 4) is 5.75 Å². The third-order valence-electron chi connectivity index (χ3n) is 2.51. The van der Waals surface area contributed by atoms with E-state index in [4.69, 9.17) is 5.73 Å². The van der Waals surface area contributed by atoms with Crippen molar-refractivity contribution in [1.29, 1.82) is 0 Å². The van der Waals surface area contributed by atoms with Crippen molar-refractivity contribution in [3.63, 3.8) is 0 Å². The number of benzene rings is 1. The van der Waals surface area contributed by atoms with Gasteiger partial charge in [-0.15, -0.1) is 42.2 Å². The first-order chi connectivity index (χ1) is 10.3. The van der Waals surface area contributed by atoms with Crippen molar-refractivity contribution in [3.05, 3.63) is 34.8 Å². The van der Waals surface area contributed by atoms with Crippen LogP contribution in [0.5, 0.6) is 5.75 Å². The lowest BCUT2D eigenvalue weighted by atomic mass is 10.3. The third-order valence-corrected chi connectivity index (χ3v) is 3.32. The molecule has 0 unspecified atom stereocenters. The van der Waals surface area contributed by atoms with Gasteiger partial charge in [0.2, 0.25) is 0 Å². The number of anilines is 1. The Hall–Kier alpha value is -1.63. The summed E-state index contributed by atoms with van der Waals surface area (Å²) in [6, 6.07) is 5.56. The van der Waals surface area contributed by atoms with Crippen LogP contribution >= 0.6 is 35.5 Å². The highest BCUT2D eigenvalue weighted by Gasteiger charge is 2.32. The standard InChI is InChI=1S/C12H12F3N5OS.HI/c1-7-10(22-20-19-7)6-17-11(16)18-8-4-2-3-5-9(8)21-12(13,14)15;/h2-5H,6H2,1H3,(H3,16,17,18);1H. The molecule has 0 aliphatic heterocycles. The van der Waals surface area contributed by atoms with Crippen LogP contribution in [0.3, 0.4) is 0 Å². The van der Waals surface area contributed by atoms with Crippen LogP contribution < -0.4 is 15.8 Å². The minimum Gasteiger partial charge on any atom is -0.404 e. The number of nitrogens with one attached hydrogen (secondary N) is 1. The molecule has 0 aliphatic carbocycles. The van der Waals surface area contributed by atoms with Gasteiger partial charge in [0.05, 0.1) is 22.8 Å². The molecule has 0 spiro atoms. The van der Waals surface area contributed by atoms with E-state index in [0.717, 1.165) is 10.6 Å². The molecule has 0 fully saturated rings. The largest absolute Gasteiger partial charge is 0.573 e. The average Bonchev–Trinajstić information content (AvgIpc) is 2.83. The van der Waals surface area contributed by atoms with Crippen LogP contribution in [0, 0.1) is 6.92 Å². The van der Waals surface area contributed by atoms with Crippen LogP contribution in [0.4, 0.5) is 18.9 Å². The summed E-state index contributed by atoms with van der Waals surface area (Å²) in [5, 5.41) is 6.41. The summed E-state index contributed by atoms with van der Waals surface area (Å²) in [5.74, 6) is -0.421. The van der Waals surface area contributed by atoms with Crippen LogP contribution in [-0.4, -0.2) is 21.9 Å². The Morgan fingerprint density at radius 1 is 1.39 bits per heavy atom. The molecule has 1 aromatic carbocycles. The number of para-hydroxylation sites is 2. The number of halogens is 4. The van der Waals surface area contributed by atoms with E-state index >= 15 is 0 Å². The maximum Gasteiger partial charge on any atom is 0.573 e. The minimum atomic E-state index is -4.78. The number of hydrogen-bond donors (Lipinski definition) is 2. The third kappa shape index (κ3) is 6.17. The Morgan fingerprint density at radius 3 is 2.70 bits per heavy atom. The van der Waals surface area contributed by atoms with Gasteiger partial charge < -0.3 is 15.8 Å². The van der Waals surface area contributed by atoms with Crippen molar-refractivity contribution < 1.29 is 17.9 Å². The molecule has 0 saturated carbocycles. The van der Waals surface area contributed by atoms with Gasteiger partial charge in [-0.3, -0.25) is 0 Å². The molecule has 23 heavy (non-hydrogen) atoms. The van der Waals surface area contributed by atoms with Gasteiger partial charge in [0.1, 0.15) is 0 Å². The molecular formula is C12H13F3IN5OS. The van der Waals surface area contributed by atoms with Crippen LogP contribution in [0.25, 0.3) is 0 Å². The Balaban J connectivity index is 0.00000264. The zero-order chi connectivity index (χ0) is 16.2. The summed E-state index contributed by atoms with van der Waals surface area (Å²) in [4.78, 5) is 4.86. The van der Waals surface area contributed by atoms with Gasteiger partial charge >= 0.3 is 6.36 Å². The number of rotatable bonds is 4. The van der Waals surface area contributed by atoms with E-state index in [1.807, 2.05) is 0 Å². The molecule has 0 amide bonds. The lowest BCUT2D eigenvalue weighted by molar-refractivity contribution is -0.274. The molecule has 2 rings (SSSR count). The van der Waals surface area contributed by atoms with E-state index < -0.39 is 6.36 Å². The molecule has 0 radical (unpaired) electrons. The number of aliphatic imine (C=N–C) groups is 1. The summed E-state index contributed by atoms with van der Waals surface area (Å²) >= 11 is 1.18. The summed E-state index contributed by atoms with van der Waals surface area (Å²) in [6.45, 7) is 2.02. The zero-order valence-electron chi connectivity index (χ0n) is 11.8. The second kappa shape index (κ2) is 8.29. The van der Waals surface area contributed by atoms with Gasteiger partial charge in [-0.25, -0.2) is 4.99 Å². The molecule has 11 heteroatoms. The first-order valence-electron chi connectivity index (χ1n) is 6.04. The van der Waals surface area contributed by atoms with E-state index in [0.29, 0.717) is 0 Å². The van der Waals surface area contributed by atoms with Crippen molar-refractivity contribution in [2.45, 2.75) is 19.8 Å². The second-order valence-corrected chi connectivity index (χ2v) is 4.99. The van der Waals surface area contributed by atoms with E-state index in [9.17, 15) is 13.2 Å². The number of alkyl halides is 3. The van der Waals surface area contributed by atoms with Gasteiger partial charge in [0, 0.05) is 0 Å². The lowest BCUT2D eigenvalue weighted by Gasteiger charge is -2.14. The number of nitrogens with two attached hydrogens (primary N) is 1. The van der Waals surface area contributed by atoms with Gasteiger partial charge in [-0.2, -0.15) is 0 Å². The van der Waals surface area contributed by atoms with Crippen molar-refractivity contribution in [1.82, 2.24) is 9.59 Å². The highest BCUT2D eigenvalue weighted by atomic mass is 127. The highest BCUT2D eigenvalue weighted by Crippen LogP contribution is 2.29. The Bertz CT molecular complexity index is 677. The first kappa shape index (κ1) is 19.4. The fourth-order valence-corrected chi connectivity index (χ4v) is 2.07. The molecular weight excluding hydrogens is 446 g/mol. The maximum atomic E-state index is 12.3. The molecule has 0 bridgehead atoms. The maximum absolute atomic E-state index is 12.3. The molecule has 2 aromatic rings. The Morgan fingerprint density at radius 2 is 2.09 bits per heavy atom. The van der Waals surface area contributed by atoms with Gasteiger partial charge in [0.15, 0.2) is 11.7 Å². The molecule has 0 saturated heterocycles. The van der Waals surface area contributed by atoms with Gasteiger partial charge in [-0.05, 0) is 30.6 Å². The molecule has 126 valence electrons. The lowest BCUT2D eigenvalue weighted by Crippen LogP contribution is -2.24. The van der Waals surface area contributed by atoms with Gasteiger partial charge in [0.25, 0.3) is 0 Å². The first-order valence-corrected chi connectivity index (χ1v) is 6.82. The van der Waals surface area contributed by atoms with Crippen LogP contribution in [0.2, 0.25) is 0 Å². The summed E-state index contributed by atoms with van der Waals surface area (Å²) in [6.07, 6.45) is -4.78. The number of ether oxygens (including phenoxy) is 1. The van der Waals surface area contributed by atoms with E-state index in [-0.39, 0.29) is 47.9 Å². The van der Waals surface area contributed by atoms with E-state index in [1.165, 1.54) is 29.7 Å². The number of aryl methyl sites for hydroxylation is 1. The SMILES string of the molecule is Cc1nnsc1CN=C(N)Nc1ccccc1OC(F)(F)F.I. The van der Waals surface area contributed by atoms with Crippen LogP contribution in [0.1, 0.15) is 10.6 Å². The van der Waals surface area contributed by atoms with Crippen molar-refractivity contribution >= 4 is 47.2 Å². The predicted octanol–water partition coefficient (Wildman–Crippen LogP) is 3.29. The molecule has 0 atom stereocenters. The van der Waals surface area contributed by atoms with Gasteiger partial charge in [-0.1, -0.05) is 16.6 Å². The topological polar surface area (TPSA) is 85.4 Å². The van der Waals surface area contributed by atoms with Crippen LogP contribution in [-0.2, 0) is 6.54 Å². The van der Waals surface area contributed by atoms with E-state index in [2.05, 4.69) is 24.6 Å². The number of aromatic nitrogens is 2. The smallest absolute Gasteiger partial charge is 0.404 e. The normalized spacial score (nSPS) is 11.7. The van der Waals surface area contributed by atoms with Crippen LogP contribution in [0.15, 0.2) is 29.3 Å². The highest BCUT2D eigenvalue weighted by molar-refractivity contribution is 14.0. The fourth-order valence-electron chi connectivity index (χ4n) is 1.51. The molecule has 1 heterocycles. The Labute approximate surface area is 151 Å². The second-order valence-electron chi connectivity index (χ2n) is 4.15. The summed E-state index contributed by atoms with van der Waals surface area (Å²) in [7, 11) is 0. The number of guanidine groups is 1. The zero-order valence-corrected chi connectivity index (χ0v) is 14.9. The molecule has 6 nitrogen and oxygen atoms in total. The quantitative estimate of drug-likeness (QED) is 0.417.